The van der Waals surface area contributed by atoms with Crippen LogP contribution in [0.3, 0.4) is 0 Å². The maximum absolute atomic E-state index is 13.1. The Balaban J connectivity index is 2.23. The van der Waals surface area contributed by atoms with Crippen LogP contribution in [0, 0.1) is 6.92 Å². The third-order valence-corrected chi connectivity index (χ3v) is 5.66. The molecular weight excluding hydrogens is 418 g/mol. The van der Waals surface area contributed by atoms with Crippen LogP contribution in [-0.2, 0) is 9.59 Å². The van der Waals surface area contributed by atoms with Gasteiger partial charge in [0.2, 0.25) is 0 Å². The number of methoxy groups -OCH3 is 1. The van der Waals surface area contributed by atoms with Crippen LogP contribution >= 0.6 is 11.6 Å². The molecule has 0 aliphatic carbocycles. The molecule has 0 spiro atoms. The number of aromatic hydroxyl groups is 1. The highest BCUT2D eigenvalue weighted by Gasteiger charge is 2.46. The molecule has 1 aliphatic rings. The second-order valence-electron chi connectivity index (χ2n) is 7.62. The minimum atomic E-state index is -0.826. The molecule has 164 valence electrons. The lowest BCUT2D eigenvalue weighted by atomic mass is 9.94. The Morgan fingerprint density at radius 2 is 1.94 bits per heavy atom. The molecule has 1 heterocycles. The molecule has 0 bridgehead atoms. The van der Waals surface area contributed by atoms with E-state index in [2.05, 4.69) is 6.92 Å². The third kappa shape index (κ3) is 4.39. The maximum atomic E-state index is 13.1. The first-order chi connectivity index (χ1) is 14.8. The number of amides is 1. The number of ether oxygens (including phenoxy) is 1. The van der Waals surface area contributed by atoms with E-state index in [-0.39, 0.29) is 33.4 Å². The summed E-state index contributed by atoms with van der Waals surface area (Å²) in [5, 5.41) is 21.5. The SMILES string of the molecule is CCCCCN1C(=O)C(=O)/C(=C(/O)c2cc(C)cc(Cl)c2OC)C1c1cccc(O)c1. The number of aliphatic hydroxyl groups excluding tert-OH is 1. The number of hydrogen-bond donors (Lipinski definition) is 2. The standard InChI is InChI=1S/C24H26ClNO5/c1-4-5-6-10-26-20(15-8-7-9-16(27)13-15)19(22(29)24(26)30)21(28)17-11-14(2)12-18(25)23(17)31-3/h7-9,11-13,20,27-28H,4-6,10H2,1-3H3/b21-19+. The van der Waals surface area contributed by atoms with Crippen LogP contribution in [0.2, 0.25) is 5.02 Å². The van der Waals surface area contributed by atoms with Crippen LogP contribution in [-0.4, -0.2) is 40.5 Å². The second kappa shape index (κ2) is 9.43. The number of unbranched alkanes of at least 4 members (excludes halogenated alkanes) is 2. The van der Waals surface area contributed by atoms with Gasteiger partial charge in [0, 0.05) is 6.54 Å². The van der Waals surface area contributed by atoms with Gasteiger partial charge in [-0.15, -0.1) is 0 Å². The highest BCUT2D eigenvalue weighted by molar-refractivity contribution is 6.46. The number of phenolic OH excluding ortho intramolecular Hbond substituents is 1. The number of phenols is 1. The van der Waals surface area contributed by atoms with E-state index in [0.717, 1.165) is 24.8 Å². The van der Waals surface area contributed by atoms with Crippen LogP contribution in [0.1, 0.15) is 48.9 Å². The normalized spacial score (nSPS) is 17.9. The predicted molar refractivity (Wildman–Crippen MR) is 119 cm³/mol. The molecule has 31 heavy (non-hydrogen) atoms. The molecule has 7 heteroatoms. The highest BCUT2D eigenvalue weighted by atomic mass is 35.5. The van der Waals surface area contributed by atoms with Crippen molar-refractivity contribution in [3.8, 4) is 11.5 Å². The molecule has 1 saturated heterocycles. The summed E-state index contributed by atoms with van der Waals surface area (Å²) in [6.45, 7) is 4.22. The lowest BCUT2D eigenvalue weighted by Gasteiger charge is -2.25. The molecule has 0 radical (unpaired) electrons. The van der Waals surface area contributed by atoms with E-state index < -0.39 is 17.7 Å². The van der Waals surface area contributed by atoms with Crippen molar-refractivity contribution in [1.82, 2.24) is 4.90 Å². The number of aliphatic hydroxyl groups is 1. The predicted octanol–water partition coefficient (Wildman–Crippen LogP) is 4.97. The van der Waals surface area contributed by atoms with E-state index in [0.29, 0.717) is 12.1 Å². The number of carbonyl (C=O) groups excluding carboxylic acids is 2. The van der Waals surface area contributed by atoms with Crippen molar-refractivity contribution in [3.05, 3.63) is 63.7 Å². The molecule has 1 amide bonds. The van der Waals surface area contributed by atoms with Gasteiger partial charge in [-0.1, -0.05) is 43.5 Å². The smallest absolute Gasteiger partial charge is 0.295 e. The van der Waals surface area contributed by atoms with Gasteiger partial charge in [-0.05, 0) is 48.7 Å². The van der Waals surface area contributed by atoms with Crippen LogP contribution in [0.4, 0.5) is 0 Å². The number of rotatable bonds is 7. The van der Waals surface area contributed by atoms with Crippen molar-refractivity contribution in [1.29, 1.82) is 0 Å². The summed E-state index contributed by atoms with van der Waals surface area (Å²) in [4.78, 5) is 27.4. The molecule has 2 aromatic rings. The van der Waals surface area contributed by atoms with Crippen molar-refractivity contribution in [2.45, 2.75) is 39.2 Å². The number of aryl methyl sites for hydroxylation is 1. The van der Waals surface area contributed by atoms with Crippen LogP contribution < -0.4 is 4.74 Å². The summed E-state index contributed by atoms with van der Waals surface area (Å²) in [5.41, 5.74) is 1.49. The van der Waals surface area contributed by atoms with Crippen LogP contribution in [0.25, 0.3) is 5.76 Å². The Hall–Kier alpha value is -2.99. The Labute approximate surface area is 186 Å². The summed E-state index contributed by atoms with van der Waals surface area (Å²) in [6, 6.07) is 8.88. The van der Waals surface area contributed by atoms with E-state index in [1.807, 2.05) is 0 Å². The Morgan fingerprint density at radius 3 is 2.58 bits per heavy atom. The van der Waals surface area contributed by atoms with E-state index in [4.69, 9.17) is 16.3 Å². The van der Waals surface area contributed by atoms with E-state index in [1.54, 1.807) is 31.2 Å². The number of benzene rings is 2. The molecular formula is C24H26ClNO5. The molecule has 6 nitrogen and oxygen atoms in total. The molecule has 0 saturated carbocycles. The number of ketones is 1. The Morgan fingerprint density at radius 1 is 1.19 bits per heavy atom. The van der Waals surface area contributed by atoms with E-state index >= 15 is 0 Å². The van der Waals surface area contributed by atoms with Gasteiger partial charge < -0.3 is 19.8 Å². The fourth-order valence-electron chi connectivity index (χ4n) is 3.94. The average molecular weight is 444 g/mol. The summed E-state index contributed by atoms with van der Waals surface area (Å²) in [6.07, 6.45) is 2.58. The second-order valence-corrected chi connectivity index (χ2v) is 8.03. The van der Waals surface area contributed by atoms with Crippen LogP contribution in [0.15, 0.2) is 42.0 Å². The number of nitrogens with zero attached hydrogens (tertiary/aromatic N) is 1. The lowest BCUT2D eigenvalue weighted by Crippen LogP contribution is -2.30. The molecule has 3 rings (SSSR count). The first kappa shape index (κ1) is 22.7. The number of carbonyl (C=O) groups is 2. The first-order valence-corrected chi connectivity index (χ1v) is 10.6. The van der Waals surface area contributed by atoms with Gasteiger partial charge in [0.25, 0.3) is 11.7 Å². The van der Waals surface area contributed by atoms with Crippen LogP contribution in [0.5, 0.6) is 11.5 Å². The minimum Gasteiger partial charge on any atom is -0.508 e. The average Bonchev–Trinajstić information content (AvgIpc) is 2.98. The van der Waals surface area contributed by atoms with Crippen molar-refractivity contribution >= 4 is 29.1 Å². The fourth-order valence-corrected chi connectivity index (χ4v) is 4.29. The summed E-state index contributed by atoms with van der Waals surface area (Å²) in [5.74, 6) is -1.58. The first-order valence-electron chi connectivity index (χ1n) is 10.2. The fraction of sp³-hybridized carbons (Fsp3) is 0.333. The zero-order chi connectivity index (χ0) is 22.7. The Bertz CT molecular complexity index is 1050. The summed E-state index contributed by atoms with van der Waals surface area (Å²) >= 11 is 6.28. The van der Waals surface area contributed by atoms with Gasteiger partial charge in [-0.2, -0.15) is 0 Å². The monoisotopic (exact) mass is 443 g/mol. The quantitative estimate of drug-likeness (QED) is 0.273. The van der Waals surface area contributed by atoms with Gasteiger partial charge in [-0.3, -0.25) is 9.59 Å². The zero-order valence-corrected chi connectivity index (χ0v) is 18.6. The molecule has 1 aliphatic heterocycles. The topological polar surface area (TPSA) is 87.1 Å². The number of halogens is 1. The highest BCUT2D eigenvalue weighted by Crippen LogP contribution is 2.43. The van der Waals surface area contributed by atoms with E-state index in [1.165, 1.54) is 24.1 Å². The molecule has 0 aromatic heterocycles. The van der Waals surface area contributed by atoms with Crippen molar-refractivity contribution in [3.63, 3.8) is 0 Å². The van der Waals surface area contributed by atoms with Crippen molar-refractivity contribution in [2.75, 3.05) is 13.7 Å². The molecule has 1 atom stereocenters. The van der Waals surface area contributed by atoms with Gasteiger partial charge in [0.15, 0.2) is 0 Å². The zero-order valence-electron chi connectivity index (χ0n) is 17.8. The Kier molecular flexibility index (Phi) is 6.91. The molecule has 1 fully saturated rings. The largest absolute Gasteiger partial charge is 0.508 e. The van der Waals surface area contributed by atoms with Gasteiger partial charge in [-0.25, -0.2) is 0 Å². The number of likely N-dealkylation sites (tertiary alicyclic amines) is 1. The van der Waals surface area contributed by atoms with Gasteiger partial charge in [0.05, 0.1) is 29.3 Å². The maximum Gasteiger partial charge on any atom is 0.295 e. The van der Waals surface area contributed by atoms with Crippen molar-refractivity contribution in [2.24, 2.45) is 0 Å². The van der Waals surface area contributed by atoms with Gasteiger partial charge in [0.1, 0.15) is 17.3 Å². The van der Waals surface area contributed by atoms with Gasteiger partial charge >= 0.3 is 0 Å². The molecule has 2 N–H and O–H groups in total. The third-order valence-electron chi connectivity index (χ3n) is 5.38. The molecule has 1 unspecified atom stereocenters. The lowest BCUT2D eigenvalue weighted by molar-refractivity contribution is -0.139. The summed E-state index contributed by atoms with van der Waals surface area (Å²) < 4.78 is 5.36. The van der Waals surface area contributed by atoms with Crippen molar-refractivity contribution < 1.29 is 24.5 Å². The van der Waals surface area contributed by atoms with E-state index in [9.17, 15) is 19.8 Å². The number of Topliss-reactive ketones (excluding diaryl/α,β-unsaturated/α-hetero) is 1. The summed E-state index contributed by atoms with van der Waals surface area (Å²) in [7, 11) is 1.42. The molecule has 2 aromatic carbocycles. The minimum absolute atomic E-state index is 0.00725. The number of hydrogen-bond acceptors (Lipinski definition) is 5.